The van der Waals surface area contributed by atoms with Crippen LogP contribution >= 0.6 is 0 Å². The van der Waals surface area contributed by atoms with Gasteiger partial charge in [-0.25, -0.2) is 18.7 Å². The van der Waals surface area contributed by atoms with E-state index in [4.69, 9.17) is 4.74 Å². The Balaban J connectivity index is 1.70. The molecule has 3 heterocycles. The molecule has 122 valence electrons. The second kappa shape index (κ2) is 6.37. The Hall–Kier alpha value is -2.42. The fourth-order valence-electron chi connectivity index (χ4n) is 2.64. The number of rotatable bonds is 4. The van der Waals surface area contributed by atoms with Crippen LogP contribution in [0, 0.1) is 11.6 Å². The molecule has 0 unspecified atom stereocenters. The molecule has 2 aromatic heterocycles. The van der Waals surface area contributed by atoms with Crippen molar-refractivity contribution in [2.45, 2.75) is 18.4 Å². The van der Waals surface area contributed by atoms with Crippen LogP contribution in [0.2, 0.25) is 0 Å². The van der Waals surface area contributed by atoms with E-state index in [2.05, 4.69) is 20.2 Å². The van der Waals surface area contributed by atoms with Crippen molar-refractivity contribution in [2.75, 3.05) is 20.2 Å². The molecule has 1 N–H and O–H groups in total. The van der Waals surface area contributed by atoms with Crippen LogP contribution in [0.5, 0.6) is 0 Å². The SMILES string of the molecule is CN(C[C@H]1OCC[C@H]1c1ncn[nH]1)C(=O)c1ncc(F)cc1F. The predicted molar refractivity (Wildman–Crippen MR) is 74.6 cm³/mol. The van der Waals surface area contributed by atoms with E-state index in [1.165, 1.54) is 18.3 Å². The smallest absolute Gasteiger partial charge is 0.275 e. The zero-order chi connectivity index (χ0) is 16.4. The Morgan fingerprint density at radius 2 is 2.30 bits per heavy atom. The van der Waals surface area contributed by atoms with Gasteiger partial charge in [0.1, 0.15) is 18.0 Å². The van der Waals surface area contributed by atoms with Crippen LogP contribution < -0.4 is 0 Å². The standard InChI is InChI=1S/C14H15F2N5O2/c1-21(14(22)12-10(16)4-8(15)5-17-12)6-11-9(2-3-23-11)13-18-7-19-20-13/h4-5,7,9,11H,2-3,6H2,1H3,(H,18,19,20)/t9-,11-/m1/s1. The monoisotopic (exact) mass is 323 g/mol. The first-order chi connectivity index (χ1) is 11.1. The normalized spacial score (nSPS) is 20.7. The highest BCUT2D eigenvalue weighted by molar-refractivity contribution is 5.92. The van der Waals surface area contributed by atoms with Gasteiger partial charge in [-0.3, -0.25) is 9.89 Å². The Kier molecular flexibility index (Phi) is 4.28. The predicted octanol–water partition coefficient (Wildman–Crippen LogP) is 1.12. The van der Waals surface area contributed by atoms with Gasteiger partial charge in [-0.15, -0.1) is 0 Å². The Bertz CT molecular complexity index is 694. The van der Waals surface area contributed by atoms with Crippen LogP contribution in [0.25, 0.3) is 0 Å². The lowest BCUT2D eigenvalue weighted by molar-refractivity contribution is 0.0542. The molecular weight excluding hydrogens is 308 g/mol. The number of likely N-dealkylation sites (N-methyl/N-ethyl adjacent to an activating group) is 1. The van der Waals surface area contributed by atoms with Crippen molar-refractivity contribution in [2.24, 2.45) is 0 Å². The van der Waals surface area contributed by atoms with Crippen molar-refractivity contribution in [1.29, 1.82) is 0 Å². The van der Waals surface area contributed by atoms with Crippen LogP contribution in [-0.4, -0.2) is 57.3 Å². The van der Waals surface area contributed by atoms with Crippen LogP contribution in [-0.2, 0) is 4.74 Å². The molecule has 1 saturated heterocycles. The average Bonchev–Trinajstić information content (AvgIpc) is 3.17. The van der Waals surface area contributed by atoms with E-state index in [1.54, 1.807) is 0 Å². The number of nitrogens with zero attached hydrogens (tertiary/aromatic N) is 4. The number of carbonyl (C=O) groups is 1. The number of hydrogen-bond acceptors (Lipinski definition) is 5. The number of hydrogen-bond donors (Lipinski definition) is 1. The summed E-state index contributed by atoms with van der Waals surface area (Å²) in [6, 6.07) is 0.636. The van der Waals surface area contributed by atoms with Gasteiger partial charge in [0.15, 0.2) is 11.5 Å². The van der Waals surface area contributed by atoms with E-state index in [0.29, 0.717) is 18.5 Å². The summed E-state index contributed by atoms with van der Waals surface area (Å²) >= 11 is 0. The summed E-state index contributed by atoms with van der Waals surface area (Å²) in [5.41, 5.74) is -0.414. The van der Waals surface area contributed by atoms with Gasteiger partial charge in [0.25, 0.3) is 5.91 Å². The molecule has 7 nitrogen and oxygen atoms in total. The average molecular weight is 323 g/mol. The lowest BCUT2D eigenvalue weighted by Crippen LogP contribution is -2.37. The minimum absolute atomic E-state index is 0.0150. The zero-order valence-electron chi connectivity index (χ0n) is 12.4. The molecule has 1 amide bonds. The molecule has 0 radical (unpaired) electrons. The maximum absolute atomic E-state index is 13.7. The van der Waals surface area contributed by atoms with Crippen molar-refractivity contribution < 1.29 is 18.3 Å². The van der Waals surface area contributed by atoms with Crippen molar-refractivity contribution in [3.8, 4) is 0 Å². The van der Waals surface area contributed by atoms with Crippen molar-refractivity contribution in [1.82, 2.24) is 25.1 Å². The first-order valence-electron chi connectivity index (χ1n) is 7.09. The number of aromatic nitrogens is 4. The number of pyridine rings is 1. The summed E-state index contributed by atoms with van der Waals surface area (Å²) < 4.78 is 32.2. The molecule has 9 heteroatoms. The maximum atomic E-state index is 13.7. The number of H-pyrrole nitrogens is 1. The topological polar surface area (TPSA) is 84.0 Å². The second-order valence-electron chi connectivity index (χ2n) is 5.34. The minimum atomic E-state index is -0.985. The van der Waals surface area contributed by atoms with E-state index in [0.717, 1.165) is 12.6 Å². The Morgan fingerprint density at radius 1 is 1.48 bits per heavy atom. The van der Waals surface area contributed by atoms with E-state index in [-0.39, 0.29) is 18.6 Å². The summed E-state index contributed by atoms with van der Waals surface area (Å²) in [5.74, 6) is -1.76. The summed E-state index contributed by atoms with van der Waals surface area (Å²) in [7, 11) is 1.52. The lowest BCUT2D eigenvalue weighted by atomic mass is 10.0. The van der Waals surface area contributed by atoms with Gasteiger partial charge in [-0.2, -0.15) is 5.10 Å². The summed E-state index contributed by atoms with van der Waals surface area (Å²) in [6.07, 6.45) is 2.70. The largest absolute Gasteiger partial charge is 0.376 e. The van der Waals surface area contributed by atoms with E-state index in [1.807, 2.05) is 0 Å². The number of amides is 1. The van der Waals surface area contributed by atoms with E-state index < -0.39 is 23.2 Å². The van der Waals surface area contributed by atoms with E-state index >= 15 is 0 Å². The van der Waals surface area contributed by atoms with Gasteiger partial charge >= 0.3 is 0 Å². The molecule has 0 saturated carbocycles. The zero-order valence-corrected chi connectivity index (χ0v) is 12.4. The Labute approximate surface area is 130 Å². The maximum Gasteiger partial charge on any atom is 0.275 e. The van der Waals surface area contributed by atoms with Crippen molar-refractivity contribution in [3.05, 3.63) is 41.7 Å². The fraction of sp³-hybridized carbons (Fsp3) is 0.429. The van der Waals surface area contributed by atoms with Crippen LogP contribution in [0.3, 0.4) is 0 Å². The third kappa shape index (κ3) is 3.19. The van der Waals surface area contributed by atoms with Gasteiger partial charge in [-0.05, 0) is 6.42 Å². The highest BCUT2D eigenvalue weighted by atomic mass is 19.1. The molecule has 1 aliphatic heterocycles. The quantitative estimate of drug-likeness (QED) is 0.911. The minimum Gasteiger partial charge on any atom is -0.376 e. The molecule has 0 bridgehead atoms. The van der Waals surface area contributed by atoms with Crippen molar-refractivity contribution >= 4 is 5.91 Å². The van der Waals surface area contributed by atoms with Crippen LogP contribution in [0.15, 0.2) is 18.6 Å². The number of aromatic amines is 1. The van der Waals surface area contributed by atoms with Gasteiger partial charge in [0.05, 0.1) is 12.3 Å². The number of carbonyl (C=O) groups excluding carboxylic acids is 1. The molecule has 0 spiro atoms. The number of ether oxygens (including phenoxy) is 1. The molecule has 1 fully saturated rings. The second-order valence-corrected chi connectivity index (χ2v) is 5.34. The molecule has 1 aliphatic rings. The van der Waals surface area contributed by atoms with Gasteiger partial charge in [0.2, 0.25) is 0 Å². The third-order valence-electron chi connectivity index (χ3n) is 3.81. The van der Waals surface area contributed by atoms with Crippen LogP contribution in [0.1, 0.15) is 28.7 Å². The molecule has 23 heavy (non-hydrogen) atoms. The summed E-state index contributed by atoms with van der Waals surface area (Å²) in [6.45, 7) is 0.782. The highest BCUT2D eigenvalue weighted by Gasteiger charge is 2.34. The summed E-state index contributed by atoms with van der Waals surface area (Å²) in [4.78, 5) is 21.2. The highest BCUT2D eigenvalue weighted by Crippen LogP contribution is 2.29. The third-order valence-corrected chi connectivity index (χ3v) is 3.81. The van der Waals surface area contributed by atoms with Gasteiger partial charge in [0, 0.05) is 32.2 Å². The lowest BCUT2D eigenvalue weighted by Gasteiger charge is -2.23. The number of nitrogens with one attached hydrogen (secondary N) is 1. The molecule has 2 aromatic rings. The van der Waals surface area contributed by atoms with E-state index in [9.17, 15) is 13.6 Å². The molecule has 0 aromatic carbocycles. The molecule has 0 aliphatic carbocycles. The van der Waals surface area contributed by atoms with Gasteiger partial charge < -0.3 is 9.64 Å². The number of halogens is 2. The molecular formula is C14H15F2N5O2. The van der Waals surface area contributed by atoms with Crippen LogP contribution in [0.4, 0.5) is 8.78 Å². The first-order valence-corrected chi connectivity index (χ1v) is 7.09. The first kappa shape index (κ1) is 15.5. The fourth-order valence-corrected chi connectivity index (χ4v) is 2.64. The summed E-state index contributed by atoms with van der Waals surface area (Å²) in [5, 5.41) is 6.62. The van der Waals surface area contributed by atoms with Gasteiger partial charge in [-0.1, -0.05) is 0 Å². The molecule has 2 atom stereocenters. The van der Waals surface area contributed by atoms with Crippen molar-refractivity contribution in [3.63, 3.8) is 0 Å². The Morgan fingerprint density at radius 3 is 3.00 bits per heavy atom. The molecule has 3 rings (SSSR count).